The maximum Gasteiger partial charge on any atom is 0.324 e. The quantitative estimate of drug-likeness (QED) is 0.925. The minimum atomic E-state index is -0.197. The number of anilines is 2. The Bertz CT molecular complexity index is 710. The van der Waals surface area contributed by atoms with E-state index < -0.39 is 0 Å². The Hall–Kier alpha value is -2.64. The zero-order chi connectivity index (χ0) is 16.4. The molecule has 3 heterocycles. The van der Waals surface area contributed by atoms with Crippen LogP contribution in [0.4, 0.5) is 16.6 Å². The Morgan fingerprint density at radius 1 is 1.39 bits per heavy atom. The highest BCUT2D eigenvalue weighted by atomic mass is 16.2. The van der Waals surface area contributed by atoms with Crippen molar-refractivity contribution in [2.45, 2.75) is 26.4 Å². The van der Waals surface area contributed by atoms with E-state index in [-0.39, 0.29) is 6.03 Å². The van der Waals surface area contributed by atoms with Crippen LogP contribution in [0.5, 0.6) is 0 Å². The highest BCUT2D eigenvalue weighted by Gasteiger charge is 2.24. The third-order valence-electron chi connectivity index (χ3n) is 3.94. The molecule has 0 aromatic carbocycles. The molecule has 0 aliphatic carbocycles. The van der Waals surface area contributed by atoms with Crippen LogP contribution in [-0.4, -0.2) is 51.1 Å². The van der Waals surface area contributed by atoms with Gasteiger partial charge in [-0.05, 0) is 13.0 Å². The van der Waals surface area contributed by atoms with E-state index in [2.05, 4.69) is 31.8 Å². The number of nitrogens with zero attached hydrogens (tertiary/aromatic N) is 6. The van der Waals surface area contributed by atoms with E-state index in [0.29, 0.717) is 19.0 Å². The van der Waals surface area contributed by atoms with Gasteiger partial charge >= 0.3 is 6.03 Å². The number of carbonyl (C=O) groups is 1. The van der Waals surface area contributed by atoms with Crippen molar-refractivity contribution in [2.24, 2.45) is 0 Å². The van der Waals surface area contributed by atoms with E-state index in [9.17, 15) is 4.79 Å². The normalized spacial score (nSPS) is 13.6. The molecule has 0 unspecified atom stereocenters. The molecule has 0 bridgehead atoms. The van der Waals surface area contributed by atoms with Crippen LogP contribution in [0.3, 0.4) is 0 Å². The molecule has 122 valence electrons. The maximum atomic E-state index is 12.4. The van der Waals surface area contributed by atoms with Crippen LogP contribution in [-0.2, 0) is 19.5 Å². The van der Waals surface area contributed by atoms with Crippen molar-refractivity contribution >= 4 is 17.8 Å². The summed E-state index contributed by atoms with van der Waals surface area (Å²) in [5.74, 6) is 1.06. The van der Waals surface area contributed by atoms with Crippen LogP contribution in [0.1, 0.15) is 18.3 Å². The second-order valence-electron chi connectivity index (χ2n) is 5.66. The highest BCUT2D eigenvalue weighted by Crippen LogP contribution is 2.18. The van der Waals surface area contributed by atoms with Crippen molar-refractivity contribution in [3.05, 3.63) is 30.0 Å². The van der Waals surface area contributed by atoms with Crippen molar-refractivity contribution in [1.29, 1.82) is 0 Å². The van der Waals surface area contributed by atoms with Gasteiger partial charge in [-0.15, -0.1) is 0 Å². The lowest BCUT2D eigenvalue weighted by Gasteiger charge is -2.27. The third-order valence-corrected chi connectivity index (χ3v) is 3.94. The van der Waals surface area contributed by atoms with Gasteiger partial charge in [0.1, 0.15) is 5.82 Å². The van der Waals surface area contributed by atoms with Gasteiger partial charge < -0.3 is 14.4 Å². The molecule has 0 fully saturated rings. The average molecular weight is 315 g/mol. The summed E-state index contributed by atoms with van der Waals surface area (Å²) in [6.45, 7) is 4.18. The molecule has 2 aromatic heterocycles. The highest BCUT2D eigenvalue weighted by molar-refractivity contribution is 5.87. The first-order valence-electron chi connectivity index (χ1n) is 7.67. The third kappa shape index (κ3) is 3.10. The van der Waals surface area contributed by atoms with Gasteiger partial charge in [-0.3, -0.25) is 5.32 Å². The molecule has 0 atom stereocenters. The van der Waals surface area contributed by atoms with Gasteiger partial charge in [0.05, 0.1) is 18.6 Å². The van der Waals surface area contributed by atoms with E-state index in [1.807, 2.05) is 25.3 Å². The zero-order valence-electron chi connectivity index (χ0n) is 13.7. The summed E-state index contributed by atoms with van der Waals surface area (Å²) in [5.41, 5.74) is 2.19. The molecule has 0 radical (unpaired) electrons. The van der Waals surface area contributed by atoms with Crippen LogP contribution in [0.15, 0.2) is 18.6 Å². The van der Waals surface area contributed by atoms with Crippen LogP contribution in [0, 0.1) is 0 Å². The van der Waals surface area contributed by atoms with Crippen molar-refractivity contribution in [2.75, 3.05) is 30.9 Å². The Kier molecular flexibility index (Phi) is 4.14. The van der Waals surface area contributed by atoms with Crippen LogP contribution < -0.4 is 10.2 Å². The Balaban J connectivity index is 1.69. The molecule has 0 spiro atoms. The summed E-state index contributed by atoms with van der Waals surface area (Å²) in [6, 6.07) is 1.60. The lowest BCUT2D eigenvalue weighted by atomic mass is 10.1. The fourth-order valence-corrected chi connectivity index (χ4v) is 2.65. The number of hydrogen-bond acceptors (Lipinski definition) is 5. The lowest BCUT2D eigenvalue weighted by Crippen LogP contribution is -2.39. The van der Waals surface area contributed by atoms with E-state index >= 15 is 0 Å². The summed E-state index contributed by atoms with van der Waals surface area (Å²) >= 11 is 0. The summed E-state index contributed by atoms with van der Waals surface area (Å²) in [7, 11) is 3.79. The molecule has 2 amide bonds. The van der Waals surface area contributed by atoms with E-state index in [1.165, 1.54) is 5.69 Å². The van der Waals surface area contributed by atoms with Gasteiger partial charge in [0.25, 0.3) is 0 Å². The van der Waals surface area contributed by atoms with E-state index in [1.54, 1.807) is 17.2 Å². The molecule has 8 nitrogen and oxygen atoms in total. The molecular weight excluding hydrogens is 294 g/mol. The first-order chi connectivity index (χ1) is 11.1. The summed E-state index contributed by atoms with van der Waals surface area (Å²) < 4.78 is 2.13. The standard InChI is InChI=1S/C15H21N7O/c1-4-21-10-17-11-9-22(8-6-12(11)21)15(23)19-14-16-7-5-13(18-14)20(2)3/h5,7,10H,4,6,8-9H2,1-3H3,(H,16,18,19,23). The van der Waals surface area contributed by atoms with Crippen molar-refractivity contribution in [1.82, 2.24) is 24.4 Å². The number of aryl methyl sites for hydroxylation is 1. The molecular formula is C15H21N7O. The molecule has 3 rings (SSSR count). The Labute approximate surface area is 135 Å². The first-order valence-corrected chi connectivity index (χ1v) is 7.67. The van der Waals surface area contributed by atoms with Gasteiger partial charge in [0, 0.05) is 45.5 Å². The number of nitrogens with one attached hydrogen (secondary N) is 1. The minimum absolute atomic E-state index is 0.197. The number of aromatic nitrogens is 4. The van der Waals surface area contributed by atoms with Gasteiger partial charge in [-0.1, -0.05) is 0 Å². The molecule has 0 saturated heterocycles. The molecule has 2 aromatic rings. The Morgan fingerprint density at radius 3 is 2.96 bits per heavy atom. The number of amides is 2. The largest absolute Gasteiger partial charge is 0.363 e. The van der Waals surface area contributed by atoms with E-state index in [0.717, 1.165) is 24.5 Å². The van der Waals surface area contributed by atoms with Gasteiger partial charge in [-0.2, -0.15) is 4.98 Å². The summed E-state index contributed by atoms with van der Waals surface area (Å²) in [4.78, 5) is 28.8. The molecule has 1 N–H and O–H groups in total. The predicted molar refractivity (Wildman–Crippen MR) is 87.4 cm³/mol. The van der Waals surface area contributed by atoms with Gasteiger partial charge in [0.15, 0.2) is 0 Å². The monoisotopic (exact) mass is 315 g/mol. The Morgan fingerprint density at radius 2 is 2.22 bits per heavy atom. The predicted octanol–water partition coefficient (Wildman–Crippen LogP) is 1.35. The molecule has 8 heteroatoms. The van der Waals surface area contributed by atoms with Crippen molar-refractivity contribution in [3.63, 3.8) is 0 Å². The minimum Gasteiger partial charge on any atom is -0.363 e. The van der Waals surface area contributed by atoms with Crippen LogP contribution in [0.25, 0.3) is 0 Å². The molecule has 0 saturated carbocycles. The molecule has 1 aliphatic heterocycles. The summed E-state index contributed by atoms with van der Waals surface area (Å²) in [6.07, 6.45) is 4.29. The fourth-order valence-electron chi connectivity index (χ4n) is 2.65. The van der Waals surface area contributed by atoms with Crippen molar-refractivity contribution < 1.29 is 4.79 Å². The van der Waals surface area contributed by atoms with Crippen molar-refractivity contribution in [3.8, 4) is 0 Å². The lowest BCUT2D eigenvalue weighted by molar-refractivity contribution is 0.205. The van der Waals surface area contributed by atoms with Gasteiger partial charge in [-0.25, -0.2) is 14.8 Å². The number of hydrogen-bond donors (Lipinski definition) is 1. The SMILES string of the molecule is CCn1cnc2c1CCN(C(=O)Nc1nccc(N(C)C)n1)C2. The second kappa shape index (κ2) is 6.23. The zero-order valence-corrected chi connectivity index (χ0v) is 13.7. The molecule has 1 aliphatic rings. The number of fused-ring (bicyclic) bond motifs is 1. The second-order valence-corrected chi connectivity index (χ2v) is 5.66. The van der Waals surface area contributed by atoms with Crippen LogP contribution in [0.2, 0.25) is 0 Å². The van der Waals surface area contributed by atoms with Crippen LogP contribution >= 0.6 is 0 Å². The maximum absolute atomic E-state index is 12.4. The fraction of sp³-hybridized carbons (Fsp3) is 0.467. The topological polar surface area (TPSA) is 79.2 Å². The average Bonchev–Trinajstić information content (AvgIpc) is 2.97. The molecule has 23 heavy (non-hydrogen) atoms. The smallest absolute Gasteiger partial charge is 0.324 e. The first kappa shape index (κ1) is 15.3. The van der Waals surface area contributed by atoms with E-state index in [4.69, 9.17) is 0 Å². The summed E-state index contributed by atoms with van der Waals surface area (Å²) in [5, 5.41) is 2.76. The number of imidazole rings is 1. The number of urea groups is 1. The number of rotatable bonds is 3. The van der Waals surface area contributed by atoms with Gasteiger partial charge in [0.2, 0.25) is 5.95 Å². The number of carbonyl (C=O) groups excluding carboxylic acids is 1.